The molecule has 3 N–H and O–H groups in total. The summed E-state index contributed by atoms with van der Waals surface area (Å²) in [6.45, 7) is 4.86. The fourth-order valence-electron chi connectivity index (χ4n) is 8.98. The molecule has 0 spiro atoms. The van der Waals surface area contributed by atoms with Crippen LogP contribution in [0, 0.1) is 0 Å². The van der Waals surface area contributed by atoms with E-state index in [2.05, 4.69) is 31.3 Å². The van der Waals surface area contributed by atoms with E-state index in [1.807, 2.05) is 27.2 Å². The van der Waals surface area contributed by atoms with E-state index in [0.29, 0.717) is 17.4 Å². The number of nitrogens with zero attached hydrogens (tertiary/aromatic N) is 1. The van der Waals surface area contributed by atoms with E-state index in [1.54, 1.807) is 6.08 Å². The highest BCUT2D eigenvalue weighted by molar-refractivity contribution is 7.47. The number of phosphoric acid groups is 1. The number of nitrogens with one attached hydrogen (secondary N) is 1. The molecule has 0 bridgehead atoms. The second-order valence-electron chi connectivity index (χ2n) is 21.7. The summed E-state index contributed by atoms with van der Waals surface area (Å²) in [5, 5.41) is 14.0. The lowest BCUT2D eigenvalue weighted by atomic mass is 10.0. The molecular formula is C59H118N2O6P+. The molecule has 3 atom stereocenters. The molecule has 68 heavy (non-hydrogen) atoms. The van der Waals surface area contributed by atoms with Crippen molar-refractivity contribution in [3.63, 3.8) is 0 Å². The van der Waals surface area contributed by atoms with E-state index in [4.69, 9.17) is 9.05 Å². The minimum Gasteiger partial charge on any atom is -0.387 e. The molecule has 0 aliphatic heterocycles. The van der Waals surface area contributed by atoms with Gasteiger partial charge >= 0.3 is 7.82 Å². The largest absolute Gasteiger partial charge is 0.472 e. The number of likely N-dealkylation sites (N-methyl/N-ethyl adjacent to an activating group) is 1. The van der Waals surface area contributed by atoms with Crippen LogP contribution in [-0.4, -0.2) is 73.4 Å². The number of phosphoric ester groups is 1. The highest BCUT2D eigenvalue weighted by atomic mass is 31.2. The third-order valence-corrected chi connectivity index (χ3v) is 14.6. The molecule has 0 saturated carbocycles. The number of quaternary nitrogens is 1. The van der Waals surface area contributed by atoms with E-state index in [0.717, 1.165) is 32.1 Å². The maximum absolute atomic E-state index is 13.0. The SMILES string of the molecule is CCCCCCCCCC/C=C\CCCCCCCCCCCCCCCC(=O)NC(COP(=O)(O)OCC[N+](C)(C)C)C(O)/C=C/CCCCCCCCCCCCCCCCCCCCC. The van der Waals surface area contributed by atoms with Gasteiger partial charge in [-0.1, -0.05) is 269 Å². The van der Waals surface area contributed by atoms with Crippen molar-refractivity contribution in [1.82, 2.24) is 5.32 Å². The fourth-order valence-corrected chi connectivity index (χ4v) is 9.72. The number of aliphatic hydroxyl groups is 1. The first-order chi connectivity index (χ1) is 33.0. The standard InChI is InChI=1S/C59H117N2O6P/c1-6-8-10-12-14-16-18-20-22-24-26-28-29-30-31-33-35-37-39-41-43-45-47-49-51-53-59(63)60-57(56-67-68(64,65)66-55-54-61(3,4)5)58(62)52-50-48-46-44-42-40-38-36-34-32-27-25-23-21-19-17-15-13-11-9-7-2/h24,26,50,52,57-58,62H,6-23,25,27-49,51,53-56H2,1-5H3,(H-,60,63,64,65)/p+1/b26-24-,52-50+. The number of hydrogen-bond acceptors (Lipinski definition) is 5. The third kappa shape index (κ3) is 52.8. The fraction of sp³-hybridized carbons (Fsp3) is 0.915. The summed E-state index contributed by atoms with van der Waals surface area (Å²) in [5.74, 6) is -0.172. The first kappa shape index (κ1) is 67.0. The average Bonchev–Trinajstić information content (AvgIpc) is 3.30. The summed E-state index contributed by atoms with van der Waals surface area (Å²) in [7, 11) is 1.59. The molecule has 404 valence electrons. The van der Waals surface area contributed by atoms with Crippen molar-refractivity contribution in [2.75, 3.05) is 40.9 Å². The summed E-state index contributed by atoms with van der Waals surface area (Å²) in [5.41, 5.74) is 0. The monoisotopic (exact) mass is 982 g/mol. The van der Waals surface area contributed by atoms with Gasteiger partial charge < -0.3 is 19.8 Å². The lowest BCUT2D eigenvalue weighted by molar-refractivity contribution is -0.870. The van der Waals surface area contributed by atoms with Crippen LogP contribution < -0.4 is 5.32 Å². The lowest BCUT2D eigenvalue weighted by Crippen LogP contribution is -2.45. The Morgan fingerprint density at radius 2 is 0.794 bits per heavy atom. The second-order valence-corrected chi connectivity index (χ2v) is 23.2. The Bertz CT molecular complexity index is 1160. The van der Waals surface area contributed by atoms with Gasteiger partial charge in [0.15, 0.2) is 0 Å². The van der Waals surface area contributed by atoms with Gasteiger partial charge in [0.05, 0.1) is 39.9 Å². The first-order valence-electron chi connectivity index (χ1n) is 29.7. The topological polar surface area (TPSA) is 105 Å². The van der Waals surface area contributed by atoms with Crippen LogP contribution in [0.3, 0.4) is 0 Å². The molecule has 0 radical (unpaired) electrons. The highest BCUT2D eigenvalue weighted by Gasteiger charge is 2.27. The van der Waals surface area contributed by atoms with Crippen molar-refractivity contribution >= 4 is 13.7 Å². The van der Waals surface area contributed by atoms with Crippen LogP contribution in [0.5, 0.6) is 0 Å². The summed E-state index contributed by atoms with van der Waals surface area (Å²) in [4.78, 5) is 23.3. The predicted molar refractivity (Wildman–Crippen MR) is 295 cm³/mol. The number of carbonyl (C=O) groups excluding carboxylic acids is 1. The molecule has 0 fully saturated rings. The van der Waals surface area contributed by atoms with Crippen molar-refractivity contribution in [2.24, 2.45) is 0 Å². The molecular weight excluding hydrogens is 864 g/mol. The Morgan fingerprint density at radius 1 is 0.485 bits per heavy atom. The first-order valence-corrected chi connectivity index (χ1v) is 31.2. The molecule has 9 heteroatoms. The summed E-state index contributed by atoms with van der Waals surface area (Å²) in [6, 6.07) is -0.845. The van der Waals surface area contributed by atoms with Crippen LogP contribution in [0.15, 0.2) is 24.3 Å². The van der Waals surface area contributed by atoms with Gasteiger partial charge in [0.25, 0.3) is 0 Å². The Labute approximate surface area is 424 Å². The number of rotatable bonds is 55. The minimum atomic E-state index is -4.35. The van der Waals surface area contributed by atoms with E-state index in [-0.39, 0.29) is 19.1 Å². The van der Waals surface area contributed by atoms with Gasteiger partial charge in [-0.05, 0) is 44.9 Å². The summed E-state index contributed by atoms with van der Waals surface area (Å²) < 4.78 is 23.7. The maximum atomic E-state index is 13.0. The van der Waals surface area contributed by atoms with E-state index in [1.165, 1.54) is 244 Å². The average molecular weight is 983 g/mol. The summed E-state index contributed by atoms with van der Waals surface area (Å²) >= 11 is 0. The van der Waals surface area contributed by atoms with Crippen molar-refractivity contribution in [2.45, 2.75) is 309 Å². The third-order valence-electron chi connectivity index (χ3n) is 13.7. The van der Waals surface area contributed by atoms with Gasteiger partial charge in [-0.2, -0.15) is 0 Å². The predicted octanol–water partition coefficient (Wildman–Crippen LogP) is 18.0. The molecule has 8 nitrogen and oxygen atoms in total. The smallest absolute Gasteiger partial charge is 0.387 e. The van der Waals surface area contributed by atoms with Crippen LogP contribution >= 0.6 is 7.82 Å². The normalized spacial score (nSPS) is 14.0. The van der Waals surface area contributed by atoms with Gasteiger partial charge in [0.2, 0.25) is 5.91 Å². The molecule has 0 aromatic rings. The Kier molecular flexibility index (Phi) is 50.1. The van der Waals surface area contributed by atoms with Crippen LogP contribution in [0.4, 0.5) is 0 Å². The van der Waals surface area contributed by atoms with Gasteiger partial charge in [0, 0.05) is 6.42 Å². The zero-order valence-electron chi connectivity index (χ0n) is 46.1. The lowest BCUT2D eigenvalue weighted by Gasteiger charge is -2.25. The van der Waals surface area contributed by atoms with Gasteiger partial charge in [-0.15, -0.1) is 0 Å². The van der Waals surface area contributed by atoms with Crippen LogP contribution in [-0.2, 0) is 18.4 Å². The van der Waals surface area contributed by atoms with Crippen molar-refractivity contribution < 1.29 is 32.9 Å². The Hall–Kier alpha value is -1.02. The van der Waals surface area contributed by atoms with E-state index in [9.17, 15) is 19.4 Å². The van der Waals surface area contributed by atoms with Gasteiger partial charge in [-0.25, -0.2) is 4.57 Å². The van der Waals surface area contributed by atoms with Crippen LogP contribution in [0.2, 0.25) is 0 Å². The zero-order valence-corrected chi connectivity index (χ0v) is 47.0. The van der Waals surface area contributed by atoms with Crippen molar-refractivity contribution in [3.8, 4) is 0 Å². The molecule has 0 aromatic carbocycles. The second kappa shape index (κ2) is 50.9. The highest BCUT2D eigenvalue weighted by Crippen LogP contribution is 2.43. The number of unbranched alkanes of at least 4 members (excludes halogenated alkanes) is 40. The number of hydrogen-bond donors (Lipinski definition) is 3. The van der Waals surface area contributed by atoms with Crippen molar-refractivity contribution in [3.05, 3.63) is 24.3 Å². The molecule has 0 heterocycles. The molecule has 0 aromatic heterocycles. The minimum absolute atomic E-state index is 0.0636. The molecule has 3 unspecified atom stereocenters. The number of carbonyl (C=O) groups is 1. The zero-order chi connectivity index (χ0) is 49.9. The number of amides is 1. The number of allylic oxidation sites excluding steroid dienone is 3. The number of aliphatic hydroxyl groups excluding tert-OH is 1. The van der Waals surface area contributed by atoms with E-state index < -0.39 is 20.0 Å². The summed E-state index contributed by atoms with van der Waals surface area (Å²) in [6.07, 6.45) is 64.2. The molecule has 0 aliphatic rings. The van der Waals surface area contributed by atoms with Crippen LogP contribution in [0.25, 0.3) is 0 Å². The Balaban J connectivity index is 4.17. The van der Waals surface area contributed by atoms with E-state index >= 15 is 0 Å². The molecule has 0 aliphatic carbocycles. The maximum Gasteiger partial charge on any atom is 0.472 e. The van der Waals surface area contributed by atoms with Gasteiger partial charge in [0.1, 0.15) is 13.2 Å². The molecule has 1 amide bonds. The van der Waals surface area contributed by atoms with Gasteiger partial charge in [-0.3, -0.25) is 13.8 Å². The van der Waals surface area contributed by atoms with Crippen LogP contribution in [0.1, 0.15) is 296 Å². The van der Waals surface area contributed by atoms with Crippen molar-refractivity contribution in [1.29, 1.82) is 0 Å². The quantitative estimate of drug-likeness (QED) is 0.0243. The Morgan fingerprint density at radius 3 is 1.13 bits per heavy atom. The molecule has 0 rings (SSSR count). The molecule has 0 saturated heterocycles.